The first-order valence-corrected chi connectivity index (χ1v) is 11.1. The molecule has 1 N–H and O–H groups in total. The second-order valence-corrected chi connectivity index (χ2v) is 7.94. The molecule has 0 unspecified atom stereocenters. The van der Waals surface area contributed by atoms with Gasteiger partial charge >= 0.3 is 5.63 Å². The van der Waals surface area contributed by atoms with E-state index in [0.717, 1.165) is 22.2 Å². The lowest BCUT2D eigenvalue weighted by Gasteiger charge is -2.06. The molecule has 9 nitrogen and oxygen atoms in total. The summed E-state index contributed by atoms with van der Waals surface area (Å²) < 4.78 is 12.5. The summed E-state index contributed by atoms with van der Waals surface area (Å²) in [7, 11) is 0. The first kappa shape index (κ1) is 22.7. The number of carbonyl (C=O) groups excluding carboxylic acids is 1. The Labute approximate surface area is 205 Å². The van der Waals surface area contributed by atoms with E-state index in [1.54, 1.807) is 35.3 Å². The van der Waals surface area contributed by atoms with Crippen LogP contribution in [0.2, 0.25) is 0 Å². The number of pyridine rings is 1. The van der Waals surface area contributed by atoms with Gasteiger partial charge in [0, 0.05) is 47.2 Å². The van der Waals surface area contributed by atoms with Crippen molar-refractivity contribution in [2.24, 2.45) is 5.10 Å². The fraction of sp³-hybridized carbons (Fsp3) is 0.0741. The maximum atomic E-state index is 12.3. The quantitative estimate of drug-likeness (QED) is 0.215. The molecule has 0 radical (unpaired) electrons. The average molecular weight is 479 g/mol. The molecule has 0 spiro atoms. The van der Waals surface area contributed by atoms with Crippen LogP contribution in [0.1, 0.15) is 11.1 Å². The highest BCUT2D eigenvalue weighted by atomic mass is 16.5. The van der Waals surface area contributed by atoms with Gasteiger partial charge in [0.05, 0.1) is 11.9 Å². The number of hydrogen-bond donors (Lipinski definition) is 1. The molecule has 0 atom stereocenters. The number of amides is 1. The first-order valence-electron chi connectivity index (χ1n) is 11.1. The smallest absolute Gasteiger partial charge is 0.336 e. The molecule has 3 aromatic heterocycles. The molecule has 0 fully saturated rings. The lowest BCUT2D eigenvalue weighted by molar-refractivity contribution is -0.123. The Kier molecular flexibility index (Phi) is 6.35. The fourth-order valence-electron chi connectivity index (χ4n) is 3.67. The summed E-state index contributed by atoms with van der Waals surface area (Å²) in [4.78, 5) is 28.1. The van der Waals surface area contributed by atoms with Crippen molar-refractivity contribution in [1.29, 1.82) is 0 Å². The van der Waals surface area contributed by atoms with Gasteiger partial charge in [0.1, 0.15) is 17.0 Å². The van der Waals surface area contributed by atoms with Crippen molar-refractivity contribution in [2.75, 3.05) is 6.61 Å². The molecular formula is C27H21N5O4. The van der Waals surface area contributed by atoms with Crippen molar-refractivity contribution in [3.8, 4) is 22.7 Å². The summed E-state index contributed by atoms with van der Waals surface area (Å²) >= 11 is 0. The molecule has 0 saturated carbocycles. The summed E-state index contributed by atoms with van der Waals surface area (Å²) in [6.07, 6.45) is 6.76. The van der Waals surface area contributed by atoms with Gasteiger partial charge in [0.25, 0.3) is 5.91 Å². The van der Waals surface area contributed by atoms with E-state index >= 15 is 0 Å². The third-order valence-electron chi connectivity index (χ3n) is 5.38. The summed E-state index contributed by atoms with van der Waals surface area (Å²) in [6.45, 7) is 1.56. The maximum Gasteiger partial charge on any atom is 0.336 e. The molecule has 0 aliphatic heterocycles. The largest absolute Gasteiger partial charge is 0.484 e. The average Bonchev–Trinajstić information content (AvgIpc) is 3.32. The predicted octanol–water partition coefficient (Wildman–Crippen LogP) is 3.88. The number of rotatable bonds is 7. The molecule has 5 rings (SSSR count). The molecule has 36 heavy (non-hydrogen) atoms. The lowest BCUT2D eigenvalue weighted by Crippen LogP contribution is -2.24. The van der Waals surface area contributed by atoms with Crippen LogP contribution >= 0.6 is 0 Å². The number of benzene rings is 2. The number of hydrazone groups is 1. The van der Waals surface area contributed by atoms with Gasteiger partial charge in [0.2, 0.25) is 0 Å². The molecule has 0 aliphatic rings. The molecule has 1 amide bonds. The van der Waals surface area contributed by atoms with E-state index in [1.165, 1.54) is 12.3 Å². The molecule has 5 aromatic rings. The van der Waals surface area contributed by atoms with Crippen molar-refractivity contribution < 1.29 is 13.9 Å². The SMILES string of the molecule is Cc1cc(=O)oc2cc(OCC(=O)NN=Cc3cn(-c4ccccc4)nc3-c3cccnc3)ccc12. The van der Waals surface area contributed by atoms with Crippen LogP contribution in [0.25, 0.3) is 27.9 Å². The molecule has 3 heterocycles. The highest BCUT2D eigenvalue weighted by Gasteiger charge is 2.12. The maximum absolute atomic E-state index is 12.3. The minimum atomic E-state index is -0.449. The summed E-state index contributed by atoms with van der Waals surface area (Å²) in [5.41, 5.74) is 6.32. The molecule has 2 aromatic carbocycles. The van der Waals surface area contributed by atoms with Crippen molar-refractivity contribution >= 4 is 23.1 Å². The number of nitrogens with zero attached hydrogens (tertiary/aromatic N) is 4. The highest BCUT2D eigenvalue weighted by Crippen LogP contribution is 2.23. The molecule has 0 saturated heterocycles. The minimum Gasteiger partial charge on any atom is -0.484 e. The van der Waals surface area contributed by atoms with E-state index in [9.17, 15) is 9.59 Å². The third-order valence-corrected chi connectivity index (χ3v) is 5.38. The Morgan fingerprint density at radius 1 is 1.14 bits per heavy atom. The number of fused-ring (bicyclic) bond motifs is 1. The van der Waals surface area contributed by atoms with Crippen LogP contribution in [0.15, 0.2) is 99.6 Å². The van der Waals surface area contributed by atoms with E-state index in [-0.39, 0.29) is 6.61 Å². The highest BCUT2D eigenvalue weighted by molar-refractivity contribution is 5.89. The Morgan fingerprint density at radius 2 is 2.00 bits per heavy atom. The van der Waals surface area contributed by atoms with E-state index < -0.39 is 11.5 Å². The fourth-order valence-corrected chi connectivity index (χ4v) is 3.67. The summed E-state index contributed by atoms with van der Waals surface area (Å²) in [5, 5.41) is 9.56. The number of aromatic nitrogens is 3. The molecule has 0 aliphatic carbocycles. The second kappa shape index (κ2) is 10.1. The van der Waals surface area contributed by atoms with Gasteiger partial charge in [-0.3, -0.25) is 9.78 Å². The van der Waals surface area contributed by atoms with Crippen LogP contribution in [0.3, 0.4) is 0 Å². The van der Waals surface area contributed by atoms with Crippen molar-refractivity contribution in [3.05, 3.63) is 107 Å². The van der Waals surface area contributed by atoms with Gasteiger partial charge in [-0.25, -0.2) is 14.9 Å². The van der Waals surface area contributed by atoms with Crippen molar-refractivity contribution in [2.45, 2.75) is 6.92 Å². The normalized spacial score (nSPS) is 11.1. The molecule has 0 bridgehead atoms. The zero-order valence-electron chi connectivity index (χ0n) is 19.3. The zero-order chi connectivity index (χ0) is 24.9. The van der Waals surface area contributed by atoms with Gasteiger partial charge in [-0.05, 0) is 48.9 Å². The van der Waals surface area contributed by atoms with Crippen LogP contribution in [0.5, 0.6) is 5.75 Å². The minimum absolute atomic E-state index is 0.266. The first-order chi connectivity index (χ1) is 17.6. The monoisotopic (exact) mass is 479 g/mol. The number of nitrogens with one attached hydrogen (secondary N) is 1. The number of ether oxygens (including phenoxy) is 1. The summed E-state index contributed by atoms with van der Waals surface area (Å²) in [6, 6.07) is 19.9. The zero-order valence-corrected chi connectivity index (χ0v) is 19.3. The van der Waals surface area contributed by atoms with E-state index in [0.29, 0.717) is 22.6 Å². The molecule has 178 valence electrons. The van der Waals surface area contributed by atoms with Gasteiger partial charge < -0.3 is 9.15 Å². The Hall–Kier alpha value is -5.05. The van der Waals surface area contributed by atoms with Gasteiger partial charge in [-0.2, -0.15) is 10.2 Å². The second-order valence-electron chi connectivity index (χ2n) is 7.94. The topological polar surface area (TPSA) is 112 Å². The van der Waals surface area contributed by atoms with Crippen molar-refractivity contribution in [1.82, 2.24) is 20.2 Å². The van der Waals surface area contributed by atoms with Gasteiger partial charge in [-0.15, -0.1) is 0 Å². The molecule has 9 heteroatoms. The third kappa shape index (κ3) is 5.05. The van der Waals surface area contributed by atoms with Crippen LogP contribution in [0.4, 0.5) is 0 Å². The van der Waals surface area contributed by atoms with Crippen LogP contribution in [-0.2, 0) is 4.79 Å². The summed E-state index contributed by atoms with van der Waals surface area (Å²) in [5.74, 6) is -0.0474. The van der Waals surface area contributed by atoms with Crippen LogP contribution in [0, 0.1) is 6.92 Å². The number of carbonyl (C=O) groups is 1. The number of aryl methyl sites for hydroxylation is 1. The van der Waals surface area contributed by atoms with Gasteiger partial charge in [-0.1, -0.05) is 18.2 Å². The Morgan fingerprint density at radius 3 is 2.81 bits per heavy atom. The molecular weight excluding hydrogens is 458 g/mol. The Balaban J connectivity index is 1.28. The predicted molar refractivity (Wildman–Crippen MR) is 135 cm³/mol. The van der Waals surface area contributed by atoms with E-state index in [4.69, 9.17) is 9.15 Å². The van der Waals surface area contributed by atoms with Gasteiger partial charge in [0.15, 0.2) is 6.61 Å². The number of para-hydroxylation sites is 1. The number of hydrogen-bond acceptors (Lipinski definition) is 7. The lowest BCUT2D eigenvalue weighted by atomic mass is 10.1. The van der Waals surface area contributed by atoms with Crippen LogP contribution in [-0.4, -0.2) is 33.5 Å². The Bertz CT molecular complexity index is 1610. The van der Waals surface area contributed by atoms with E-state index in [2.05, 4.69) is 20.6 Å². The van der Waals surface area contributed by atoms with Crippen molar-refractivity contribution in [3.63, 3.8) is 0 Å². The van der Waals surface area contributed by atoms with Crippen LogP contribution < -0.4 is 15.8 Å². The standard InChI is InChI=1S/C27H21N5O4/c1-18-12-26(34)36-24-13-22(9-10-23(18)24)35-17-25(33)30-29-15-20-16-32(21-7-3-2-4-8-21)31-27(20)19-6-5-11-28-14-19/h2-16H,17H2,1H3,(H,30,33). The van der Waals surface area contributed by atoms with E-state index in [1.807, 2.05) is 55.6 Å².